The third kappa shape index (κ3) is 48.0. The molecule has 6 nitrogen and oxygen atoms in total. The van der Waals surface area contributed by atoms with E-state index in [9.17, 15) is 14.4 Å². The van der Waals surface area contributed by atoms with Gasteiger partial charge >= 0.3 is 17.9 Å². The van der Waals surface area contributed by atoms with Gasteiger partial charge in [0.1, 0.15) is 13.2 Å². The van der Waals surface area contributed by atoms with Crippen LogP contribution in [0.1, 0.15) is 252 Å². The highest BCUT2D eigenvalue weighted by atomic mass is 16.6. The Kier molecular flexibility index (Phi) is 47.4. The van der Waals surface area contributed by atoms with Crippen LogP contribution in [0.15, 0.2) is 60.8 Å². The zero-order chi connectivity index (χ0) is 44.4. The smallest absolute Gasteiger partial charge is 0.306 e. The molecular weight excluding hydrogens is 757 g/mol. The molecule has 61 heavy (non-hydrogen) atoms. The van der Waals surface area contributed by atoms with Crippen LogP contribution in [0.2, 0.25) is 0 Å². The Morgan fingerprint density at radius 1 is 0.361 bits per heavy atom. The highest BCUT2D eigenvalue weighted by Crippen LogP contribution is 2.15. The SMILES string of the molecule is CC/C=C\C/C=C\C/C=C\CCCC(=O)OCC(COC(=O)CCCCCCCCCCCC/C=C\C=C/CCCCC)OC(=O)CCCCCCCCCCCCCCC. The predicted octanol–water partition coefficient (Wildman–Crippen LogP) is 16.9. The van der Waals surface area contributed by atoms with Gasteiger partial charge in [-0.2, -0.15) is 0 Å². The van der Waals surface area contributed by atoms with Gasteiger partial charge in [0, 0.05) is 19.3 Å². The molecule has 0 aliphatic heterocycles. The summed E-state index contributed by atoms with van der Waals surface area (Å²) in [5.41, 5.74) is 0. The van der Waals surface area contributed by atoms with Gasteiger partial charge in [-0.3, -0.25) is 14.4 Å². The summed E-state index contributed by atoms with van der Waals surface area (Å²) in [5, 5.41) is 0. The fourth-order valence-corrected chi connectivity index (χ4v) is 7.16. The van der Waals surface area contributed by atoms with E-state index in [1.165, 1.54) is 141 Å². The fraction of sp³-hybridized carbons (Fsp3) is 0.764. The van der Waals surface area contributed by atoms with Crippen LogP contribution in [-0.2, 0) is 28.6 Å². The Balaban J connectivity index is 4.35. The molecule has 352 valence electrons. The number of carbonyl (C=O) groups excluding carboxylic acids is 3. The van der Waals surface area contributed by atoms with Crippen molar-refractivity contribution < 1.29 is 28.6 Å². The summed E-state index contributed by atoms with van der Waals surface area (Å²) in [4.78, 5) is 37.9. The Labute approximate surface area is 377 Å². The summed E-state index contributed by atoms with van der Waals surface area (Å²) in [7, 11) is 0. The molecule has 0 aromatic carbocycles. The predicted molar refractivity (Wildman–Crippen MR) is 261 cm³/mol. The van der Waals surface area contributed by atoms with Crippen molar-refractivity contribution in [1.82, 2.24) is 0 Å². The lowest BCUT2D eigenvalue weighted by Crippen LogP contribution is -2.30. The molecule has 0 aliphatic rings. The van der Waals surface area contributed by atoms with E-state index in [4.69, 9.17) is 14.2 Å². The first kappa shape index (κ1) is 58.1. The van der Waals surface area contributed by atoms with Gasteiger partial charge in [0.15, 0.2) is 6.10 Å². The zero-order valence-corrected chi connectivity index (χ0v) is 40.2. The van der Waals surface area contributed by atoms with Crippen LogP contribution in [0.25, 0.3) is 0 Å². The van der Waals surface area contributed by atoms with Crippen LogP contribution in [-0.4, -0.2) is 37.2 Å². The molecule has 0 aromatic rings. The highest BCUT2D eigenvalue weighted by molar-refractivity contribution is 5.71. The Morgan fingerprint density at radius 2 is 0.705 bits per heavy atom. The zero-order valence-electron chi connectivity index (χ0n) is 40.2. The van der Waals surface area contributed by atoms with Crippen LogP contribution in [0.5, 0.6) is 0 Å². The lowest BCUT2D eigenvalue weighted by atomic mass is 10.0. The van der Waals surface area contributed by atoms with Crippen molar-refractivity contribution in [3.05, 3.63) is 60.8 Å². The first-order chi connectivity index (χ1) is 30.0. The van der Waals surface area contributed by atoms with Crippen molar-refractivity contribution in [3.63, 3.8) is 0 Å². The molecule has 0 fully saturated rings. The molecule has 0 aromatic heterocycles. The monoisotopic (exact) mass is 853 g/mol. The van der Waals surface area contributed by atoms with Crippen molar-refractivity contribution in [2.45, 2.75) is 258 Å². The number of hydrogen-bond acceptors (Lipinski definition) is 6. The normalized spacial score (nSPS) is 12.5. The molecule has 0 rings (SSSR count). The molecular formula is C55H96O6. The number of allylic oxidation sites excluding steroid dienone is 10. The number of esters is 3. The molecule has 0 bridgehead atoms. The van der Waals surface area contributed by atoms with Crippen molar-refractivity contribution in [2.24, 2.45) is 0 Å². The van der Waals surface area contributed by atoms with Crippen LogP contribution < -0.4 is 0 Å². The van der Waals surface area contributed by atoms with Gasteiger partial charge in [-0.1, -0.05) is 223 Å². The van der Waals surface area contributed by atoms with Gasteiger partial charge in [-0.15, -0.1) is 0 Å². The first-order valence-electron chi connectivity index (χ1n) is 25.8. The molecule has 1 atom stereocenters. The maximum absolute atomic E-state index is 12.8. The van der Waals surface area contributed by atoms with Gasteiger partial charge in [0.2, 0.25) is 0 Å². The fourth-order valence-electron chi connectivity index (χ4n) is 7.16. The summed E-state index contributed by atoms with van der Waals surface area (Å²) in [6.07, 6.45) is 60.7. The summed E-state index contributed by atoms with van der Waals surface area (Å²) in [6, 6.07) is 0. The van der Waals surface area contributed by atoms with Gasteiger partial charge in [-0.25, -0.2) is 0 Å². The number of rotatable bonds is 46. The van der Waals surface area contributed by atoms with Crippen molar-refractivity contribution in [2.75, 3.05) is 13.2 Å². The molecule has 0 saturated heterocycles. The average Bonchev–Trinajstić information content (AvgIpc) is 3.26. The summed E-state index contributed by atoms with van der Waals surface area (Å²) in [5.74, 6) is -0.945. The second-order valence-electron chi connectivity index (χ2n) is 17.1. The Bertz CT molecular complexity index is 1120. The number of ether oxygens (including phenoxy) is 3. The van der Waals surface area contributed by atoms with Crippen LogP contribution >= 0.6 is 0 Å². The summed E-state index contributed by atoms with van der Waals surface area (Å²) >= 11 is 0. The van der Waals surface area contributed by atoms with E-state index in [-0.39, 0.29) is 37.5 Å². The lowest BCUT2D eigenvalue weighted by molar-refractivity contribution is -0.167. The number of carbonyl (C=O) groups is 3. The minimum atomic E-state index is -0.792. The van der Waals surface area contributed by atoms with Crippen LogP contribution in [0.3, 0.4) is 0 Å². The molecule has 0 aliphatic carbocycles. The van der Waals surface area contributed by atoms with E-state index in [1.54, 1.807) is 0 Å². The van der Waals surface area contributed by atoms with Gasteiger partial charge in [0.05, 0.1) is 0 Å². The standard InChI is InChI=1S/C55H96O6/c1-4-7-10-13-16-19-22-24-25-26-27-28-29-31-33-36-39-42-45-48-54(57)60-51-52(50-59-53(56)47-44-41-38-35-32-21-18-15-12-9-6-3)61-55(58)49-46-43-40-37-34-30-23-20-17-14-11-8-5-2/h9,12,16,18-19,21-22,24,35,38,52H,4-8,10-11,13-15,17,20,23,25-34,36-37,39-51H2,1-3H3/b12-9-,19-16-,21-18-,24-22-,38-35-. The topological polar surface area (TPSA) is 78.9 Å². The molecule has 0 N–H and O–H groups in total. The maximum atomic E-state index is 12.8. The van der Waals surface area contributed by atoms with Crippen LogP contribution in [0, 0.1) is 0 Å². The second kappa shape index (κ2) is 49.8. The van der Waals surface area contributed by atoms with Gasteiger partial charge < -0.3 is 14.2 Å². The van der Waals surface area contributed by atoms with Crippen molar-refractivity contribution in [1.29, 1.82) is 0 Å². The van der Waals surface area contributed by atoms with E-state index in [0.717, 1.165) is 64.2 Å². The first-order valence-corrected chi connectivity index (χ1v) is 25.8. The molecule has 0 heterocycles. The van der Waals surface area contributed by atoms with Crippen molar-refractivity contribution >= 4 is 17.9 Å². The average molecular weight is 853 g/mol. The second-order valence-corrected chi connectivity index (χ2v) is 17.1. The number of unbranched alkanes of at least 4 members (excludes halogenated alkanes) is 26. The lowest BCUT2D eigenvalue weighted by Gasteiger charge is -2.18. The van der Waals surface area contributed by atoms with E-state index < -0.39 is 6.10 Å². The molecule has 1 unspecified atom stereocenters. The molecule has 6 heteroatoms. The minimum absolute atomic E-state index is 0.0899. The summed E-state index contributed by atoms with van der Waals surface area (Å²) in [6.45, 7) is 6.45. The van der Waals surface area contributed by atoms with Crippen LogP contribution in [0.4, 0.5) is 0 Å². The molecule has 0 amide bonds. The van der Waals surface area contributed by atoms with E-state index >= 15 is 0 Å². The largest absolute Gasteiger partial charge is 0.462 e. The van der Waals surface area contributed by atoms with Crippen molar-refractivity contribution in [3.8, 4) is 0 Å². The maximum Gasteiger partial charge on any atom is 0.306 e. The van der Waals surface area contributed by atoms with Gasteiger partial charge in [0.25, 0.3) is 0 Å². The third-order valence-corrected chi connectivity index (χ3v) is 11.0. The van der Waals surface area contributed by atoms with E-state index in [2.05, 4.69) is 81.5 Å². The molecule has 0 radical (unpaired) electrons. The minimum Gasteiger partial charge on any atom is -0.462 e. The van der Waals surface area contributed by atoms with E-state index in [1.807, 2.05) is 0 Å². The Morgan fingerprint density at radius 3 is 1.18 bits per heavy atom. The Hall–Kier alpha value is -2.89. The molecule has 0 spiro atoms. The highest BCUT2D eigenvalue weighted by Gasteiger charge is 2.19. The quantitative estimate of drug-likeness (QED) is 0.0200. The van der Waals surface area contributed by atoms with E-state index in [0.29, 0.717) is 19.3 Å². The number of hydrogen-bond donors (Lipinski definition) is 0. The molecule has 0 saturated carbocycles. The third-order valence-electron chi connectivity index (χ3n) is 11.0. The van der Waals surface area contributed by atoms with Gasteiger partial charge in [-0.05, 0) is 70.6 Å². The summed E-state index contributed by atoms with van der Waals surface area (Å²) < 4.78 is 16.7.